The number of benzene rings is 1. The van der Waals surface area contributed by atoms with Crippen LogP contribution in [0.1, 0.15) is 30.9 Å². The molecule has 0 saturated carbocycles. The molecule has 1 aliphatic rings. The van der Waals surface area contributed by atoms with Crippen LogP contribution in [-0.2, 0) is 12.8 Å². The molecule has 0 bridgehead atoms. The third kappa shape index (κ3) is 2.91. The van der Waals surface area contributed by atoms with Crippen LogP contribution >= 0.6 is 11.6 Å². The molecule has 0 aliphatic carbocycles. The highest BCUT2D eigenvalue weighted by Crippen LogP contribution is 2.26. The van der Waals surface area contributed by atoms with E-state index in [2.05, 4.69) is 25.1 Å². The quantitative estimate of drug-likeness (QED) is 0.709. The lowest BCUT2D eigenvalue weighted by Gasteiger charge is -2.07. The Morgan fingerprint density at radius 1 is 1.44 bits per heavy atom. The van der Waals surface area contributed by atoms with Crippen LogP contribution in [0, 0.1) is 5.92 Å². The monoisotopic (exact) mass is 238 g/mol. The first-order valence-electron chi connectivity index (χ1n) is 6.10. The maximum Gasteiger partial charge on any atom is 0.122 e. The Morgan fingerprint density at radius 2 is 2.31 bits per heavy atom. The van der Waals surface area contributed by atoms with Crippen LogP contribution in [0.4, 0.5) is 0 Å². The average molecular weight is 239 g/mol. The second kappa shape index (κ2) is 5.58. The van der Waals surface area contributed by atoms with E-state index in [0.29, 0.717) is 5.92 Å². The van der Waals surface area contributed by atoms with Crippen LogP contribution in [0.3, 0.4) is 0 Å². The molecule has 0 N–H and O–H groups in total. The number of hydrogen-bond acceptors (Lipinski definition) is 1. The van der Waals surface area contributed by atoms with Gasteiger partial charge in [-0.25, -0.2) is 0 Å². The molecule has 0 spiro atoms. The molecule has 0 saturated heterocycles. The summed E-state index contributed by atoms with van der Waals surface area (Å²) in [5.41, 5.74) is 2.81. The van der Waals surface area contributed by atoms with Crippen molar-refractivity contribution in [1.82, 2.24) is 0 Å². The fraction of sp³-hybridized carbons (Fsp3) is 0.571. The van der Waals surface area contributed by atoms with Gasteiger partial charge in [0.05, 0.1) is 6.61 Å². The number of hydrogen-bond donors (Lipinski definition) is 0. The van der Waals surface area contributed by atoms with Crippen molar-refractivity contribution >= 4 is 11.6 Å². The van der Waals surface area contributed by atoms with E-state index in [0.717, 1.165) is 31.1 Å². The zero-order valence-corrected chi connectivity index (χ0v) is 10.6. The van der Waals surface area contributed by atoms with Crippen molar-refractivity contribution < 1.29 is 4.74 Å². The zero-order valence-electron chi connectivity index (χ0n) is 9.84. The lowest BCUT2D eigenvalue weighted by Crippen LogP contribution is -1.97. The average Bonchev–Trinajstić information content (AvgIpc) is 2.76. The van der Waals surface area contributed by atoms with Crippen molar-refractivity contribution in [1.29, 1.82) is 0 Å². The minimum Gasteiger partial charge on any atom is -0.493 e. The van der Waals surface area contributed by atoms with Crippen molar-refractivity contribution in [2.24, 2.45) is 5.92 Å². The summed E-state index contributed by atoms with van der Waals surface area (Å²) in [5, 5.41) is 0. The highest BCUT2D eigenvalue weighted by Gasteiger charge is 2.11. The highest BCUT2D eigenvalue weighted by atomic mass is 35.5. The summed E-state index contributed by atoms with van der Waals surface area (Å²) in [6.07, 6.45) is 4.68. The second-order valence-corrected chi connectivity index (χ2v) is 5.00. The van der Waals surface area contributed by atoms with Gasteiger partial charge in [0, 0.05) is 12.3 Å². The molecule has 0 amide bonds. The summed E-state index contributed by atoms with van der Waals surface area (Å²) in [6, 6.07) is 6.60. The predicted octanol–water partition coefficient (Wildman–Crippen LogP) is 3.82. The first-order chi connectivity index (χ1) is 7.79. The van der Waals surface area contributed by atoms with Crippen molar-refractivity contribution in [3.05, 3.63) is 29.3 Å². The van der Waals surface area contributed by atoms with Gasteiger partial charge in [-0.05, 0) is 42.4 Å². The van der Waals surface area contributed by atoms with Gasteiger partial charge in [-0.1, -0.05) is 19.1 Å². The summed E-state index contributed by atoms with van der Waals surface area (Å²) in [6.45, 7) is 3.06. The third-order valence-corrected chi connectivity index (χ3v) is 3.71. The van der Waals surface area contributed by atoms with E-state index >= 15 is 0 Å². The Morgan fingerprint density at radius 3 is 3.12 bits per heavy atom. The number of halogens is 1. The minimum atomic E-state index is 0.638. The van der Waals surface area contributed by atoms with E-state index in [1.165, 1.54) is 24.0 Å². The third-order valence-electron chi connectivity index (χ3n) is 3.18. The topological polar surface area (TPSA) is 9.23 Å². The summed E-state index contributed by atoms with van der Waals surface area (Å²) in [4.78, 5) is 0. The van der Waals surface area contributed by atoms with Crippen molar-refractivity contribution in [2.75, 3.05) is 12.5 Å². The fourth-order valence-electron chi connectivity index (χ4n) is 2.13. The van der Waals surface area contributed by atoms with Crippen LogP contribution in [-0.4, -0.2) is 12.5 Å². The van der Waals surface area contributed by atoms with Crippen LogP contribution in [0.15, 0.2) is 18.2 Å². The Hall–Kier alpha value is -0.690. The van der Waals surface area contributed by atoms with Gasteiger partial charge in [0.2, 0.25) is 0 Å². The smallest absolute Gasteiger partial charge is 0.122 e. The number of alkyl halides is 1. The van der Waals surface area contributed by atoms with Crippen molar-refractivity contribution in [3.8, 4) is 5.75 Å². The number of ether oxygens (including phenoxy) is 1. The molecule has 1 aromatic carbocycles. The maximum atomic E-state index is 5.79. The molecule has 0 radical (unpaired) electrons. The fourth-order valence-corrected chi connectivity index (χ4v) is 2.28. The van der Waals surface area contributed by atoms with Crippen molar-refractivity contribution in [2.45, 2.75) is 32.6 Å². The van der Waals surface area contributed by atoms with Gasteiger partial charge in [-0.2, -0.15) is 0 Å². The van der Waals surface area contributed by atoms with Gasteiger partial charge in [-0.3, -0.25) is 0 Å². The molecule has 0 fully saturated rings. The molecule has 2 rings (SSSR count). The largest absolute Gasteiger partial charge is 0.493 e. The highest BCUT2D eigenvalue weighted by molar-refractivity contribution is 6.18. The van der Waals surface area contributed by atoms with Crippen LogP contribution in [0.25, 0.3) is 0 Å². The maximum absolute atomic E-state index is 5.79. The van der Waals surface area contributed by atoms with Crippen LogP contribution < -0.4 is 4.74 Å². The molecule has 88 valence electrons. The minimum absolute atomic E-state index is 0.638. The molecule has 2 heteroatoms. The SMILES string of the molecule is CC(CCl)CCCc1ccc2c(c1)CCO2. The van der Waals surface area contributed by atoms with Crippen molar-refractivity contribution in [3.63, 3.8) is 0 Å². The molecular formula is C14H19ClO. The standard InChI is InChI=1S/C14H19ClO/c1-11(10-15)3-2-4-12-5-6-14-13(9-12)7-8-16-14/h5-6,9,11H,2-4,7-8,10H2,1H3. The molecule has 0 aromatic heterocycles. The second-order valence-electron chi connectivity index (χ2n) is 4.69. The van der Waals surface area contributed by atoms with E-state index in [1.807, 2.05) is 0 Å². The van der Waals surface area contributed by atoms with Gasteiger partial charge < -0.3 is 4.74 Å². The van der Waals surface area contributed by atoms with Crippen LogP contribution in [0.2, 0.25) is 0 Å². The molecular weight excluding hydrogens is 220 g/mol. The molecule has 1 aromatic rings. The van der Waals surface area contributed by atoms with Gasteiger partial charge in [0.1, 0.15) is 5.75 Å². The predicted molar refractivity (Wildman–Crippen MR) is 68.5 cm³/mol. The summed E-state index contributed by atoms with van der Waals surface area (Å²) in [7, 11) is 0. The summed E-state index contributed by atoms with van der Waals surface area (Å²) >= 11 is 5.79. The molecule has 1 heterocycles. The molecule has 1 unspecified atom stereocenters. The Balaban J connectivity index is 1.86. The van der Waals surface area contributed by atoms with E-state index in [-0.39, 0.29) is 0 Å². The zero-order chi connectivity index (χ0) is 11.4. The van der Waals surface area contributed by atoms with Gasteiger partial charge in [-0.15, -0.1) is 11.6 Å². The molecule has 16 heavy (non-hydrogen) atoms. The number of aryl methyl sites for hydroxylation is 1. The Kier molecular flexibility index (Phi) is 4.11. The van der Waals surface area contributed by atoms with Crippen LogP contribution in [0.5, 0.6) is 5.75 Å². The first-order valence-corrected chi connectivity index (χ1v) is 6.63. The lowest BCUT2D eigenvalue weighted by atomic mass is 10.0. The van der Waals surface area contributed by atoms with Gasteiger partial charge in [0.15, 0.2) is 0 Å². The Labute approximate surface area is 103 Å². The summed E-state index contributed by atoms with van der Waals surface area (Å²) in [5.74, 6) is 2.50. The van der Waals surface area contributed by atoms with Gasteiger partial charge >= 0.3 is 0 Å². The molecule has 1 atom stereocenters. The molecule has 1 nitrogen and oxygen atoms in total. The van der Waals surface area contributed by atoms with E-state index in [4.69, 9.17) is 16.3 Å². The number of fused-ring (bicyclic) bond motifs is 1. The normalized spacial score (nSPS) is 15.6. The summed E-state index contributed by atoms with van der Waals surface area (Å²) < 4.78 is 5.50. The van der Waals surface area contributed by atoms with Gasteiger partial charge in [0.25, 0.3) is 0 Å². The lowest BCUT2D eigenvalue weighted by molar-refractivity contribution is 0.357. The van der Waals surface area contributed by atoms with E-state index in [9.17, 15) is 0 Å². The van der Waals surface area contributed by atoms with E-state index < -0.39 is 0 Å². The first kappa shape index (κ1) is 11.8. The van der Waals surface area contributed by atoms with E-state index in [1.54, 1.807) is 0 Å². The Bertz CT molecular complexity index is 349. The number of rotatable bonds is 5. The molecule has 1 aliphatic heterocycles.